The zero-order chi connectivity index (χ0) is 8.86. The highest BCUT2D eigenvalue weighted by Crippen LogP contribution is 2.46. The largest absolute Gasteiger partial charge is 0.271 e. The monoisotopic (exact) mass is 163 g/mol. The molecule has 3 heteroatoms. The highest BCUT2D eigenvalue weighted by atomic mass is 19.2. The minimum absolute atomic E-state index is 0.206. The summed E-state index contributed by atoms with van der Waals surface area (Å²) in [5.74, 6) is 0. The topological polar surface area (TPSA) is 3.24 Å². The Morgan fingerprint density at radius 3 is 2.00 bits per heavy atom. The van der Waals surface area contributed by atoms with Crippen molar-refractivity contribution in [1.29, 1.82) is 0 Å². The third-order valence-electron chi connectivity index (χ3n) is 2.49. The van der Waals surface area contributed by atoms with Crippen LogP contribution in [0.15, 0.2) is 0 Å². The molecule has 1 heterocycles. The first-order valence-electron chi connectivity index (χ1n) is 3.82. The molecule has 0 spiro atoms. The van der Waals surface area contributed by atoms with Gasteiger partial charge in [-0.1, -0.05) is 20.8 Å². The summed E-state index contributed by atoms with van der Waals surface area (Å²) in [5, 5.41) is 0. The maximum absolute atomic E-state index is 13.6. The lowest BCUT2D eigenvalue weighted by Crippen LogP contribution is -2.69. The van der Waals surface area contributed by atoms with Crippen molar-refractivity contribution in [2.24, 2.45) is 5.41 Å². The van der Waals surface area contributed by atoms with Gasteiger partial charge in [0, 0.05) is 12.0 Å². The Morgan fingerprint density at radius 2 is 1.91 bits per heavy atom. The molecule has 0 N–H and O–H groups in total. The van der Waals surface area contributed by atoms with E-state index in [4.69, 9.17) is 0 Å². The molecular formula is C8H15F2N. The molecule has 0 aromatic carbocycles. The van der Waals surface area contributed by atoms with Crippen LogP contribution in [0.3, 0.4) is 0 Å². The van der Waals surface area contributed by atoms with Gasteiger partial charge in [-0.05, 0) is 7.05 Å². The van der Waals surface area contributed by atoms with Gasteiger partial charge in [0.1, 0.15) is 0 Å². The summed E-state index contributed by atoms with van der Waals surface area (Å²) in [7, 11) is 1.59. The standard InChI is InChI=1S/C8H15F2N/c1-7(2,3)8(10)5-11(4)6(8)9/h6H,5H2,1-4H3. The average Bonchev–Trinajstić information content (AvgIpc) is 1.85. The lowest BCUT2D eigenvalue weighted by atomic mass is 9.72. The summed E-state index contributed by atoms with van der Waals surface area (Å²) < 4.78 is 26.6. The summed E-state index contributed by atoms with van der Waals surface area (Å²) in [6, 6.07) is 0. The fraction of sp³-hybridized carbons (Fsp3) is 1.00. The van der Waals surface area contributed by atoms with Crippen LogP contribution in [0.4, 0.5) is 8.78 Å². The van der Waals surface area contributed by atoms with Crippen molar-refractivity contribution in [2.45, 2.75) is 32.7 Å². The smallest absolute Gasteiger partial charge is 0.189 e. The second kappa shape index (κ2) is 2.16. The summed E-state index contributed by atoms with van der Waals surface area (Å²) in [6.07, 6.45) is -1.43. The van der Waals surface area contributed by atoms with E-state index in [1.165, 1.54) is 4.90 Å². The fourth-order valence-corrected chi connectivity index (χ4v) is 1.35. The molecule has 0 radical (unpaired) electrons. The van der Waals surface area contributed by atoms with Gasteiger partial charge in [-0.25, -0.2) is 8.78 Å². The van der Waals surface area contributed by atoms with Crippen LogP contribution in [-0.4, -0.2) is 30.5 Å². The van der Waals surface area contributed by atoms with Gasteiger partial charge in [0.2, 0.25) is 0 Å². The van der Waals surface area contributed by atoms with Gasteiger partial charge in [-0.2, -0.15) is 0 Å². The van der Waals surface area contributed by atoms with E-state index in [9.17, 15) is 8.78 Å². The predicted molar refractivity (Wildman–Crippen MR) is 40.8 cm³/mol. The number of hydrogen-bond donors (Lipinski definition) is 0. The first kappa shape index (κ1) is 8.91. The number of likely N-dealkylation sites (tertiary alicyclic amines) is 1. The van der Waals surface area contributed by atoms with E-state index in [2.05, 4.69) is 0 Å². The molecule has 1 rings (SSSR count). The Balaban J connectivity index is 2.73. The van der Waals surface area contributed by atoms with Crippen LogP contribution >= 0.6 is 0 Å². The fourth-order valence-electron chi connectivity index (χ4n) is 1.35. The highest BCUT2D eigenvalue weighted by Gasteiger charge is 2.59. The van der Waals surface area contributed by atoms with E-state index in [1.807, 2.05) is 0 Å². The third-order valence-corrected chi connectivity index (χ3v) is 2.49. The molecule has 0 aliphatic carbocycles. The zero-order valence-electron chi connectivity index (χ0n) is 7.49. The maximum Gasteiger partial charge on any atom is 0.189 e. The molecule has 1 nitrogen and oxygen atoms in total. The van der Waals surface area contributed by atoms with Crippen LogP contribution in [0.25, 0.3) is 0 Å². The lowest BCUT2D eigenvalue weighted by Gasteiger charge is -2.52. The summed E-state index contributed by atoms with van der Waals surface area (Å²) in [5.41, 5.74) is -2.25. The quantitative estimate of drug-likeness (QED) is 0.493. The number of hydrogen-bond acceptors (Lipinski definition) is 1. The molecule has 1 fully saturated rings. The van der Waals surface area contributed by atoms with Crippen LogP contribution in [0, 0.1) is 5.41 Å². The molecule has 1 saturated heterocycles. The summed E-state index contributed by atoms with van der Waals surface area (Å²) in [6.45, 7) is 5.39. The molecule has 11 heavy (non-hydrogen) atoms. The van der Waals surface area contributed by atoms with E-state index >= 15 is 0 Å². The Hall–Kier alpha value is -0.180. The molecule has 1 aliphatic rings. The summed E-state index contributed by atoms with van der Waals surface area (Å²) in [4.78, 5) is 1.38. The van der Waals surface area contributed by atoms with Gasteiger partial charge in [-0.15, -0.1) is 0 Å². The number of halogens is 2. The van der Waals surface area contributed by atoms with Gasteiger partial charge in [-0.3, -0.25) is 4.90 Å². The lowest BCUT2D eigenvalue weighted by molar-refractivity contribution is -0.199. The first-order valence-corrected chi connectivity index (χ1v) is 3.82. The van der Waals surface area contributed by atoms with Crippen LogP contribution in [0.5, 0.6) is 0 Å². The van der Waals surface area contributed by atoms with Crippen LogP contribution in [0.1, 0.15) is 20.8 Å². The zero-order valence-corrected chi connectivity index (χ0v) is 7.49. The van der Waals surface area contributed by atoms with Gasteiger partial charge in [0.15, 0.2) is 12.0 Å². The van der Waals surface area contributed by atoms with Gasteiger partial charge in [0.25, 0.3) is 0 Å². The van der Waals surface area contributed by atoms with Crippen molar-refractivity contribution < 1.29 is 8.78 Å². The minimum Gasteiger partial charge on any atom is -0.271 e. The van der Waals surface area contributed by atoms with Crippen molar-refractivity contribution in [3.05, 3.63) is 0 Å². The minimum atomic E-state index is -1.65. The van der Waals surface area contributed by atoms with Crippen molar-refractivity contribution in [2.75, 3.05) is 13.6 Å². The number of rotatable bonds is 0. The van der Waals surface area contributed by atoms with Crippen LogP contribution < -0.4 is 0 Å². The molecule has 0 amide bonds. The molecule has 66 valence electrons. The normalized spacial score (nSPS) is 40.4. The Labute approximate surface area is 66.4 Å². The SMILES string of the molecule is CN1CC(F)(C(C)(C)C)C1F. The van der Waals surface area contributed by atoms with E-state index < -0.39 is 17.4 Å². The van der Waals surface area contributed by atoms with Gasteiger partial charge in [0.05, 0.1) is 0 Å². The van der Waals surface area contributed by atoms with E-state index in [0.717, 1.165) is 0 Å². The molecule has 1 aliphatic heterocycles. The van der Waals surface area contributed by atoms with E-state index in [1.54, 1.807) is 27.8 Å². The Bertz CT molecular complexity index is 164. The van der Waals surface area contributed by atoms with Crippen molar-refractivity contribution in [1.82, 2.24) is 4.90 Å². The third kappa shape index (κ3) is 1.06. The Kier molecular flexibility index (Phi) is 1.75. The van der Waals surface area contributed by atoms with Crippen molar-refractivity contribution in [3.8, 4) is 0 Å². The highest BCUT2D eigenvalue weighted by molar-refractivity contribution is 5.06. The molecule has 2 unspecified atom stereocenters. The molecule has 0 saturated carbocycles. The molecular weight excluding hydrogens is 148 g/mol. The Morgan fingerprint density at radius 1 is 1.45 bits per heavy atom. The number of alkyl halides is 2. The second-order valence-electron chi connectivity index (χ2n) is 4.36. The van der Waals surface area contributed by atoms with Gasteiger partial charge >= 0.3 is 0 Å². The first-order chi connectivity index (χ1) is 4.79. The molecule has 0 aromatic heterocycles. The maximum atomic E-state index is 13.6. The van der Waals surface area contributed by atoms with Crippen molar-refractivity contribution in [3.63, 3.8) is 0 Å². The number of nitrogens with zero attached hydrogens (tertiary/aromatic N) is 1. The van der Waals surface area contributed by atoms with Crippen LogP contribution in [-0.2, 0) is 0 Å². The van der Waals surface area contributed by atoms with Crippen molar-refractivity contribution >= 4 is 0 Å². The van der Waals surface area contributed by atoms with Gasteiger partial charge < -0.3 is 0 Å². The predicted octanol–water partition coefficient (Wildman–Crippen LogP) is 1.98. The molecule has 0 bridgehead atoms. The second-order valence-corrected chi connectivity index (χ2v) is 4.36. The molecule has 2 atom stereocenters. The summed E-state index contributed by atoms with van der Waals surface area (Å²) >= 11 is 0. The van der Waals surface area contributed by atoms with E-state index in [-0.39, 0.29) is 6.54 Å². The van der Waals surface area contributed by atoms with Crippen LogP contribution in [0.2, 0.25) is 0 Å². The average molecular weight is 163 g/mol. The van der Waals surface area contributed by atoms with E-state index in [0.29, 0.717) is 0 Å². The molecule has 0 aromatic rings.